The number of anilines is 1. The first-order chi connectivity index (χ1) is 11.8. The van der Waals surface area contributed by atoms with Crippen LogP contribution < -0.4 is 10.1 Å². The van der Waals surface area contributed by atoms with Gasteiger partial charge in [-0.05, 0) is 30.7 Å². The smallest absolute Gasteiger partial charge is 0.138 e. The van der Waals surface area contributed by atoms with E-state index >= 15 is 0 Å². The molecular formula is C20H33NOS2. The summed E-state index contributed by atoms with van der Waals surface area (Å²) in [5, 5.41) is 3.27. The van der Waals surface area contributed by atoms with Gasteiger partial charge in [-0.3, -0.25) is 0 Å². The molecule has 0 fully saturated rings. The Kier molecular flexibility index (Phi) is 13.0. The number of thiocarbonyl (C=S) groups is 1. The van der Waals surface area contributed by atoms with Crippen molar-refractivity contribution in [3.05, 3.63) is 24.3 Å². The molecule has 0 unspecified atom stereocenters. The molecule has 1 aromatic rings. The molecule has 0 aliphatic rings. The van der Waals surface area contributed by atoms with E-state index in [1.165, 1.54) is 64.2 Å². The van der Waals surface area contributed by atoms with E-state index in [0.717, 1.165) is 21.5 Å². The Labute approximate surface area is 158 Å². The van der Waals surface area contributed by atoms with Crippen molar-refractivity contribution in [1.82, 2.24) is 0 Å². The predicted octanol–water partition coefficient (Wildman–Crippen LogP) is 7.05. The number of hydrogen-bond acceptors (Lipinski definition) is 3. The summed E-state index contributed by atoms with van der Waals surface area (Å²) in [7, 11) is 1.68. The van der Waals surface area contributed by atoms with Crippen molar-refractivity contribution in [3.8, 4) is 5.75 Å². The highest BCUT2D eigenvalue weighted by Crippen LogP contribution is 2.18. The molecule has 136 valence electrons. The molecule has 0 aliphatic carbocycles. The Balaban J connectivity index is 1.94. The van der Waals surface area contributed by atoms with Gasteiger partial charge in [0.25, 0.3) is 0 Å². The summed E-state index contributed by atoms with van der Waals surface area (Å²) in [6.07, 6.45) is 13.8. The average molecular weight is 368 g/mol. The molecule has 0 radical (unpaired) electrons. The molecule has 1 aromatic carbocycles. The second kappa shape index (κ2) is 14.6. The first-order valence-corrected chi connectivity index (χ1v) is 10.7. The van der Waals surface area contributed by atoms with Crippen LogP contribution in [0.3, 0.4) is 0 Å². The van der Waals surface area contributed by atoms with Crippen LogP contribution in [0.2, 0.25) is 0 Å². The maximum atomic E-state index is 5.39. The number of rotatable bonds is 13. The molecule has 1 rings (SSSR count). The van der Waals surface area contributed by atoms with Crippen molar-refractivity contribution in [2.45, 2.75) is 71.1 Å². The van der Waals surface area contributed by atoms with Gasteiger partial charge in [-0.25, -0.2) is 0 Å². The van der Waals surface area contributed by atoms with E-state index in [4.69, 9.17) is 17.0 Å². The van der Waals surface area contributed by atoms with Crippen LogP contribution in [0.5, 0.6) is 5.75 Å². The molecule has 0 saturated heterocycles. The van der Waals surface area contributed by atoms with E-state index in [2.05, 4.69) is 12.2 Å². The van der Waals surface area contributed by atoms with E-state index in [0.29, 0.717) is 0 Å². The Bertz CT molecular complexity index is 434. The fourth-order valence-electron chi connectivity index (χ4n) is 2.58. The van der Waals surface area contributed by atoms with Crippen molar-refractivity contribution in [2.24, 2.45) is 0 Å². The first-order valence-electron chi connectivity index (χ1n) is 9.34. The minimum atomic E-state index is 0.857. The molecule has 0 amide bonds. The minimum absolute atomic E-state index is 0.857. The maximum absolute atomic E-state index is 5.39. The highest BCUT2D eigenvalue weighted by Gasteiger charge is 2.00. The molecule has 1 N–H and O–H groups in total. The molecule has 0 heterocycles. The Morgan fingerprint density at radius 3 is 2.00 bits per heavy atom. The summed E-state index contributed by atoms with van der Waals surface area (Å²) in [5.41, 5.74) is 1.02. The van der Waals surface area contributed by atoms with Crippen LogP contribution in [-0.2, 0) is 0 Å². The van der Waals surface area contributed by atoms with E-state index in [9.17, 15) is 0 Å². The second-order valence-electron chi connectivity index (χ2n) is 6.17. The number of hydrogen-bond donors (Lipinski definition) is 1. The van der Waals surface area contributed by atoms with Crippen LogP contribution in [0.1, 0.15) is 71.1 Å². The SMILES string of the molecule is CCCCCCCCCCCCSC(=S)Nc1ccc(OC)cc1. The molecular weight excluding hydrogens is 334 g/mol. The zero-order valence-electron chi connectivity index (χ0n) is 15.3. The third-order valence-corrected chi connectivity index (χ3v) is 5.38. The van der Waals surface area contributed by atoms with Crippen molar-refractivity contribution in [3.63, 3.8) is 0 Å². The van der Waals surface area contributed by atoms with Gasteiger partial charge in [-0.1, -0.05) is 88.7 Å². The molecule has 2 nitrogen and oxygen atoms in total. The van der Waals surface area contributed by atoms with Gasteiger partial charge in [0.1, 0.15) is 10.1 Å². The zero-order chi connectivity index (χ0) is 17.5. The molecule has 0 aliphatic heterocycles. The molecule has 0 saturated carbocycles. The number of methoxy groups -OCH3 is 1. The molecule has 24 heavy (non-hydrogen) atoms. The van der Waals surface area contributed by atoms with Gasteiger partial charge < -0.3 is 10.1 Å². The van der Waals surface area contributed by atoms with Gasteiger partial charge in [0.15, 0.2) is 0 Å². The lowest BCUT2D eigenvalue weighted by molar-refractivity contribution is 0.415. The number of nitrogens with one attached hydrogen (secondary N) is 1. The van der Waals surface area contributed by atoms with Crippen LogP contribution >= 0.6 is 24.0 Å². The zero-order valence-corrected chi connectivity index (χ0v) is 16.9. The van der Waals surface area contributed by atoms with Gasteiger partial charge in [0.2, 0.25) is 0 Å². The second-order valence-corrected chi connectivity index (χ2v) is 7.94. The Morgan fingerprint density at radius 1 is 0.917 bits per heavy atom. The average Bonchev–Trinajstić information content (AvgIpc) is 2.60. The Morgan fingerprint density at radius 2 is 1.46 bits per heavy atom. The van der Waals surface area contributed by atoms with Gasteiger partial charge in [-0.2, -0.15) is 0 Å². The van der Waals surface area contributed by atoms with Crippen LogP contribution in [-0.4, -0.2) is 17.2 Å². The molecule has 0 spiro atoms. The predicted molar refractivity (Wildman–Crippen MR) is 114 cm³/mol. The van der Waals surface area contributed by atoms with E-state index in [-0.39, 0.29) is 0 Å². The fourth-order valence-corrected chi connectivity index (χ4v) is 3.67. The lowest BCUT2D eigenvalue weighted by Gasteiger charge is -2.08. The highest BCUT2D eigenvalue weighted by molar-refractivity contribution is 8.23. The van der Waals surface area contributed by atoms with Crippen LogP contribution in [0.4, 0.5) is 5.69 Å². The van der Waals surface area contributed by atoms with Crippen LogP contribution in [0.25, 0.3) is 0 Å². The Hall–Kier alpha value is -0.740. The summed E-state index contributed by atoms with van der Waals surface area (Å²) in [6, 6.07) is 7.87. The van der Waals surface area contributed by atoms with Gasteiger partial charge in [-0.15, -0.1) is 0 Å². The minimum Gasteiger partial charge on any atom is -0.497 e. The quantitative estimate of drug-likeness (QED) is 0.298. The first kappa shape index (κ1) is 21.3. The summed E-state index contributed by atoms with van der Waals surface area (Å²) < 4.78 is 6.01. The largest absolute Gasteiger partial charge is 0.497 e. The lowest BCUT2D eigenvalue weighted by Crippen LogP contribution is -2.05. The number of thioether (sulfide) groups is 1. The fraction of sp³-hybridized carbons (Fsp3) is 0.650. The summed E-state index contributed by atoms with van der Waals surface area (Å²) in [4.78, 5) is 0. The summed E-state index contributed by atoms with van der Waals surface area (Å²) >= 11 is 7.14. The highest BCUT2D eigenvalue weighted by atomic mass is 32.2. The van der Waals surface area contributed by atoms with Crippen LogP contribution in [0.15, 0.2) is 24.3 Å². The van der Waals surface area contributed by atoms with Gasteiger partial charge in [0.05, 0.1) is 7.11 Å². The molecule has 0 aromatic heterocycles. The normalized spacial score (nSPS) is 10.6. The molecule has 0 atom stereocenters. The van der Waals surface area contributed by atoms with Crippen LogP contribution in [0, 0.1) is 0 Å². The number of unbranched alkanes of at least 4 members (excludes halogenated alkanes) is 9. The third-order valence-electron chi connectivity index (χ3n) is 4.07. The third kappa shape index (κ3) is 10.9. The van der Waals surface area contributed by atoms with E-state index < -0.39 is 0 Å². The van der Waals surface area contributed by atoms with Crippen molar-refractivity contribution in [2.75, 3.05) is 18.2 Å². The summed E-state index contributed by atoms with van der Waals surface area (Å²) in [5.74, 6) is 1.97. The maximum Gasteiger partial charge on any atom is 0.138 e. The number of ether oxygens (including phenoxy) is 1. The molecule has 4 heteroatoms. The summed E-state index contributed by atoms with van der Waals surface area (Å²) in [6.45, 7) is 2.27. The van der Waals surface area contributed by atoms with Crippen molar-refractivity contribution >= 4 is 34.0 Å². The lowest BCUT2D eigenvalue weighted by atomic mass is 10.1. The number of benzene rings is 1. The van der Waals surface area contributed by atoms with Gasteiger partial charge >= 0.3 is 0 Å². The monoisotopic (exact) mass is 367 g/mol. The topological polar surface area (TPSA) is 21.3 Å². The molecule has 0 bridgehead atoms. The van der Waals surface area contributed by atoms with E-state index in [1.807, 2.05) is 24.3 Å². The van der Waals surface area contributed by atoms with Crippen molar-refractivity contribution in [1.29, 1.82) is 0 Å². The van der Waals surface area contributed by atoms with Gasteiger partial charge in [0, 0.05) is 11.4 Å². The van der Waals surface area contributed by atoms with E-state index in [1.54, 1.807) is 18.9 Å². The van der Waals surface area contributed by atoms with Crippen molar-refractivity contribution < 1.29 is 4.74 Å². The standard InChI is InChI=1S/C20H33NOS2/c1-3-4-5-6-7-8-9-10-11-12-17-24-20(23)21-18-13-15-19(22-2)16-14-18/h13-16H,3-12,17H2,1-2H3,(H,21,23).